The van der Waals surface area contributed by atoms with E-state index in [1.54, 1.807) is 0 Å². The first-order chi connectivity index (χ1) is 7.30. The fraction of sp³-hybridized carbons (Fsp3) is 1.00. The SMILES string of the molecule is BrCC1CCC2(CCC23CCCCC3)O1. The van der Waals surface area contributed by atoms with E-state index >= 15 is 0 Å². The van der Waals surface area contributed by atoms with E-state index in [2.05, 4.69) is 15.9 Å². The van der Waals surface area contributed by atoms with Crippen LogP contribution in [0.5, 0.6) is 0 Å². The molecule has 0 N–H and O–H groups in total. The Hall–Kier alpha value is 0.440. The Balaban J connectivity index is 1.76. The van der Waals surface area contributed by atoms with E-state index in [9.17, 15) is 0 Å². The first-order valence-electron chi connectivity index (χ1n) is 6.54. The molecule has 15 heavy (non-hydrogen) atoms. The molecule has 3 aliphatic rings. The molecule has 0 aromatic rings. The normalized spacial score (nSPS) is 43.4. The van der Waals surface area contributed by atoms with E-state index in [0.717, 1.165) is 5.33 Å². The maximum atomic E-state index is 6.38. The van der Waals surface area contributed by atoms with E-state index in [-0.39, 0.29) is 0 Å². The van der Waals surface area contributed by atoms with Gasteiger partial charge in [0, 0.05) is 5.33 Å². The predicted octanol–water partition coefficient (Wildman–Crippen LogP) is 4.04. The lowest BCUT2D eigenvalue weighted by Crippen LogP contribution is -2.58. The lowest BCUT2D eigenvalue weighted by atomic mass is 9.50. The van der Waals surface area contributed by atoms with Gasteiger partial charge in [0.25, 0.3) is 0 Å². The molecule has 2 saturated carbocycles. The number of halogens is 1. The molecule has 0 radical (unpaired) electrons. The Morgan fingerprint density at radius 2 is 1.80 bits per heavy atom. The van der Waals surface area contributed by atoms with E-state index < -0.39 is 0 Å². The van der Waals surface area contributed by atoms with Crippen molar-refractivity contribution in [1.82, 2.24) is 0 Å². The van der Waals surface area contributed by atoms with E-state index in [1.165, 1.54) is 57.8 Å². The molecular weight excluding hydrogens is 252 g/mol. The Morgan fingerprint density at radius 1 is 1.00 bits per heavy atom. The summed E-state index contributed by atoms with van der Waals surface area (Å²) < 4.78 is 6.38. The van der Waals surface area contributed by atoms with Gasteiger partial charge < -0.3 is 4.74 Å². The number of fused-ring (bicyclic) bond motifs is 1. The van der Waals surface area contributed by atoms with E-state index in [1.807, 2.05) is 0 Å². The van der Waals surface area contributed by atoms with Crippen molar-refractivity contribution in [2.75, 3.05) is 5.33 Å². The molecule has 2 unspecified atom stereocenters. The molecule has 0 aromatic heterocycles. The fourth-order valence-electron chi connectivity index (χ4n) is 4.21. The average molecular weight is 273 g/mol. The van der Waals surface area contributed by atoms with Gasteiger partial charge in [0.1, 0.15) is 0 Å². The largest absolute Gasteiger partial charge is 0.370 e. The first kappa shape index (κ1) is 10.6. The summed E-state index contributed by atoms with van der Waals surface area (Å²) in [5.74, 6) is 0. The van der Waals surface area contributed by atoms with Crippen molar-refractivity contribution in [2.45, 2.75) is 69.5 Å². The maximum absolute atomic E-state index is 6.38. The zero-order valence-electron chi connectivity index (χ0n) is 9.43. The van der Waals surface area contributed by atoms with Crippen LogP contribution in [0.2, 0.25) is 0 Å². The molecule has 1 nitrogen and oxygen atoms in total. The summed E-state index contributed by atoms with van der Waals surface area (Å²) in [4.78, 5) is 0. The summed E-state index contributed by atoms with van der Waals surface area (Å²) in [5.41, 5.74) is 0.939. The molecule has 3 fully saturated rings. The maximum Gasteiger partial charge on any atom is 0.0743 e. The van der Waals surface area contributed by atoms with Crippen LogP contribution in [0.15, 0.2) is 0 Å². The fourth-order valence-corrected chi connectivity index (χ4v) is 4.66. The number of hydrogen-bond acceptors (Lipinski definition) is 1. The van der Waals surface area contributed by atoms with Crippen molar-refractivity contribution in [3.8, 4) is 0 Å². The van der Waals surface area contributed by atoms with Gasteiger partial charge in [-0.05, 0) is 43.9 Å². The Labute approximate surface area is 101 Å². The summed E-state index contributed by atoms with van der Waals surface area (Å²) in [6.45, 7) is 0. The predicted molar refractivity (Wildman–Crippen MR) is 65.4 cm³/mol. The molecule has 0 amide bonds. The minimum atomic E-state index is 0.325. The quantitative estimate of drug-likeness (QED) is 0.655. The molecule has 0 aromatic carbocycles. The molecule has 1 saturated heterocycles. The standard InChI is InChI=1S/C13H21BrO/c14-10-11-4-7-13(15-11)9-8-12(13)5-2-1-3-6-12/h11H,1-10H2. The lowest BCUT2D eigenvalue weighted by molar-refractivity contribution is -0.204. The van der Waals surface area contributed by atoms with Crippen molar-refractivity contribution in [3.63, 3.8) is 0 Å². The van der Waals surface area contributed by atoms with Crippen LogP contribution in [0.3, 0.4) is 0 Å². The van der Waals surface area contributed by atoms with Crippen LogP contribution < -0.4 is 0 Å². The zero-order valence-corrected chi connectivity index (χ0v) is 11.0. The highest BCUT2D eigenvalue weighted by molar-refractivity contribution is 9.09. The van der Waals surface area contributed by atoms with Crippen LogP contribution in [-0.2, 0) is 4.74 Å². The number of rotatable bonds is 1. The molecule has 86 valence electrons. The van der Waals surface area contributed by atoms with Crippen molar-refractivity contribution in [3.05, 3.63) is 0 Å². The van der Waals surface area contributed by atoms with Gasteiger partial charge in [-0.1, -0.05) is 35.2 Å². The Kier molecular flexibility index (Phi) is 2.63. The van der Waals surface area contributed by atoms with Gasteiger partial charge in [0.05, 0.1) is 11.7 Å². The van der Waals surface area contributed by atoms with Crippen molar-refractivity contribution >= 4 is 15.9 Å². The number of alkyl halides is 1. The van der Waals surface area contributed by atoms with Crippen LogP contribution in [0.25, 0.3) is 0 Å². The van der Waals surface area contributed by atoms with Crippen molar-refractivity contribution < 1.29 is 4.74 Å². The summed E-state index contributed by atoms with van der Waals surface area (Å²) >= 11 is 3.57. The first-order valence-corrected chi connectivity index (χ1v) is 7.66. The van der Waals surface area contributed by atoms with Gasteiger partial charge in [-0.15, -0.1) is 0 Å². The summed E-state index contributed by atoms with van der Waals surface area (Å²) in [6.07, 6.45) is 13.2. The average Bonchev–Trinajstić information content (AvgIpc) is 2.75. The van der Waals surface area contributed by atoms with Crippen molar-refractivity contribution in [2.24, 2.45) is 5.41 Å². The van der Waals surface area contributed by atoms with Gasteiger partial charge >= 0.3 is 0 Å². The molecule has 0 bridgehead atoms. The monoisotopic (exact) mass is 272 g/mol. The van der Waals surface area contributed by atoms with Crippen molar-refractivity contribution in [1.29, 1.82) is 0 Å². The van der Waals surface area contributed by atoms with Crippen LogP contribution in [0.4, 0.5) is 0 Å². The molecule has 2 aliphatic carbocycles. The molecule has 2 atom stereocenters. The van der Waals surface area contributed by atoms with E-state index in [0.29, 0.717) is 17.1 Å². The summed E-state index contributed by atoms with van der Waals surface area (Å²) in [7, 11) is 0. The lowest BCUT2D eigenvalue weighted by Gasteiger charge is -2.59. The van der Waals surface area contributed by atoms with Crippen LogP contribution in [0.1, 0.15) is 57.8 Å². The minimum absolute atomic E-state index is 0.325. The summed E-state index contributed by atoms with van der Waals surface area (Å²) in [5, 5.41) is 1.03. The smallest absolute Gasteiger partial charge is 0.0743 e. The minimum Gasteiger partial charge on any atom is -0.370 e. The second kappa shape index (κ2) is 3.73. The molecule has 1 heterocycles. The third kappa shape index (κ3) is 1.44. The molecule has 2 spiro atoms. The van der Waals surface area contributed by atoms with Gasteiger partial charge in [0.15, 0.2) is 0 Å². The van der Waals surface area contributed by atoms with Gasteiger partial charge in [-0.2, -0.15) is 0 Å². The highest BCUT2D eigenvalue weighted by Gasteiger charge is 2.61. The van der Waals surface area contributed by atoms with Crippen LogP contribution >= 0.6 is 15.9 Å². The van der Waals surface area contributed by atoms with Gasteiger partial charge in [0.2, 0.25) is 0 Å². The zero-order chi connectivity index (χ0) is 10.4. The van der Waals surface area contributed by atoms with Gasteiger partial charge in [-0.3, -0.25) is 0 Å². The molecular formula is C13H21BrO. The topological polar surface area (TPSA) is 9.23 Å². The number of hydrogen-bond donors (Lipinski definition) is 0. The second-order valence-corrected chi connectivity index (χ2v) is 6.42. The second-order valence-electron chi connectivity index (χ2n) is 5.77. The molecule has 1 aliphatic heterocycles. The summed E-state index contributed by atoms with van der Waals surface area (Å²) in [6, 6.07) is 0. The third-order valence-electron chi connectivity index (χ3n) is 5.22. The molecule has 2 heteroatoms. The third-order valence-corrected chi connectivity index (χ3v) is 5.94. The van der Waals surface area contributed by atoms with Gasteiger partial charge in [-0.25, -0.2) is 0 Å². The number of ether oxygens (including phenoxy) is 1. The highest BCUT2D eigenvalue weighted by atomic mass is 79.9. The highest BCUT2D eigenvalue weighted by Crippen LogP contribution is 2.64. The van der Waals surface area contributed by atoms with Crippen LogP contribution in [0, 0.1) is 5.41 Å². The molecule has 3 rings (SSSR count). The van der Waals surface area contributed by atoms with E-state index in [4.69, 9.17) is 4.74 Å². The Morgan fingerprint density at radius 3 is 2.33 bits per heavy atom. The Bertz CT molecular complexity index is 247. The van der Waals surface area contributed by atoms with Crippen LogP contribution in [-0.4, -0.2) is 17.0 Å².